The topological polar surface area (TPSA) is 45.6 Å². The highest BCUT2D eigenvalue weighted by atomic mass is 79.9. The van der Waals surface area contributed by atoms with E-state index in [1.807, 2.05) is 54.3 Å². The molecule has 1 aliphatic heterocycles. The van der Waals surface area contributed by atoms with Gasteiger partial charge in [0.1, 0.15) is 0 Å². The number of rotatable bonds is 3. The van der Waals surface area contributed by atoms with Gasteiger partial charge in [-0.05, 0) is 66.9 Å². The van der Waals surface area contributed by atoms with Gasteiger partial charge in [-0.3, -0.25) is 9.69 Å². The van der Waals surface area contributed by atoms with Gasteiger partial charge >= 0.3 is 0 Å². The van der Waals surface area contributed by atoms with Crippen molar-refractivity contribution >= 4 is 50.2 Å². The predicted octanol–water partition coefficient (Wildman–Crippen LogP) is 6.17. The summed E-state index contributed by atoms with van der Waals surface area (Å²) in [6.45, 7) is 2.02. The normalized spacial score (nSPS) is 21.4. The molecule has 4 nitrogen and oxygen atoms in total. The lowest BCUT2D eigenvalue weighted by atomic mass is 9.94. The lowest BCUT2D eigenvalue weighted by Gasteiger charge is -2.30. The lowest BCUT2D eigenvalue weighted by molar-refractivity contribution is -0.124. The quantitative estimate of drug-likeness (QED) is 0.519. The van der Waals surface area contributed by atoms with Crippen LogP contribution in [0.4, 0.5) is 5.82 Å². The number of benzene rings is 1. The molecule has 0 N–H and O–H groups in total. The summed E-state index contributed by atoms with van der Waals surface area (Å²) in [4.78, 5) is 25.2. The van der Waals surface area contributed by atoms with Crippen LogP contribution in [-0.4, -0.2) is 27.0 Å². The smallest absolute Gasteiger partial charge is 0.267 e. The highest BCUT2D eigenvalue weighted by molar-refractivity contribution is 9.10. The van der Waals surface area contributed by atoms with Crippen LogP contribution in [0.15, 0.2) is 63.0 Å². The van der Waals surface area contributed by atoms with E-state index in [0.717, 1.165) is 38.5 Å². The number of pyridine rings is 1. The Kier molecular flexibility index (Phi) is 5.97. The lowest BCUT2D eigenvalue weighted by Crippen LogP contribution is -2.40. The number of amidine groups is 1. The molecule has 4 rings (SSSR count). The highest BCUT2D eigenvalue weighted by Gasteiger charge is 2.39. The second-order valence-electron chi connectivity index (χ2n) is 7.11. The van der Waals surface area contributed by atoms with Gasteiger partial charge in [-0.25, -0.2) is 9.98 Å². The molecule has 1 saturated carbocycles. The Morgan fingerprint density at radius 1 is 1.14 bits per heavy atom. The number of nitrogens with zero attached hydrogens (tertiary/aromatic N) is 3. The largest absolute Gasteiger partial charge is 0.283 e. The first-order valence-electron chi connectivity index (χ1n) is 9.61. The third kappa shape index (κ3) is 4.08. The summed E-state index contributed by atoms with van der Waals surface area (Å²) >= 11 is 4.95. The third-order valence-electron chi connectivity index (χ3n) is 5.23. The van der Waals surface area contributed by atoms with Gasteiger partial charge in [-0.1, -0.05) is 53.4 Å². The Bertz CT molecular complexity index is 919. The second kappa shape index (κ2) is 8.62. The molecule has 0 radical (unpaired) electrons. The minimum Gasteiger partial charge on any atom is -0.283 e. The van der Waals surface area contributed by atoms with Crippen LogP contribution in [-0.2, 0) is 4.79 Å². The summed E-state index contributed by atoms with van der Waals surface area (Å²) in [5.41, 5.74) is 2.05. The third-order valence-corrected chi connectivity index (χ3v) is 6.91. The fourth-order valence-electron chi connectivity index (χ4n) is 3.70. The zero-order chi connectivity index (χ0) is 19.5. The molecule has 1 amide bonds. The molecule has 2 heterocycles. The van der Waals surface area contributed by atoms with E-state index in [-0.39, 0.29) is 11.9 Å². The van der Waals surface area contributed by atoms with Crippen molar-refractivity contribution < 1.29 is 4.79 Å². The molecule has 0 atom stereocenters. The molecule has 28 heavy (non-hydrogen) atoms. The molecule has 144 valence electrons. The number of carbonyl (C=O) groups excluding carboxylic acids is 1. The van der Waals surface area contributed by atoms with E-state index < -0.39 is 0 Å². The zero-order valence-electron chi connectivity index (χ0n) is 15.8. The predicted molar refractivity (Wildman–Crippen MR) is 119 cm³/mol. The molecule has 0 unspecified atom stereocenters. The standard InChI is InChI=1S/C22H22BrN3OS/c1-15(16-10-12-17(23)13-11-16)20-21(27)26(18-7-3-2-4-8-18)22(28-20)25-19-9-5-6-14-24-19/h5-6,9-14,18H,2-4,7-8H2,1H3/b20-15-,25-22+. The first-order valence-corrected chi connectivity index (χ1v) is 11.2. The van der Waals surface area contributed by atoms with E-state index in [1.165, 1.54) is 31.0 Å². The molecule has 1 aliphatic carbocycles. The van der Waals surface area contributed by atoms with Crippen LogP contribution in [0.5, 0.6) is 0 Å². The molecule has 0 bridgehead atoms. The number of aromatic nitrogens is 1. The van der Waals surface area contributed by atoms with Gasteiger partial charge in [0, 0.05) is 16.7 Å². The number of aliphatic imine (C=N–C) groups is 1. The van der Waals surface area contributed by atoms with Gasteiger partial charge in [0.05, 0.1) is 4.91 Å². The fraction of sp³-hybridized carbons (Fsp3) is 0.318. The van der Waals surface area contributed by atoms with E-state index in [0.29, 0.717) is 5.82 Å². The first-order chi connectivity index (χ1) is 13.6. The number of hydrogen-bond donors (Lipinski definition) is 0. The maximum atomic E-state index is 13.4. The first kappa shape index (κ1) is 19.4. The van der Waals surface area contributed by atoms with Gasteiger partial charge in [0.2, 0.25) is 0 Å². The monoisotopic (exact) mass is 455 g/mol. The van der Waals surface area contributed by atoms with Gasteiger partial charge in [0.25, 0.3) is 5.91 Å². The Morgan fingerprint density at radius 2 is 1.89 bits per heavy atom. The number of amides is 1. The summed E-state index contributed by atoms with van der Waals surface area (Å²) in [6.07, 6.45) is 7.40. The number of carbonyl (C=O) groups is 1. The average molecular weight is 456 g/mol. The van der Waals surface area contributed by atoms with Crippen LogP contribution in [0.3, 0.4) is 0 Å². The molecule has 1 aromatic heterocycles. The van der Waals surface area contributed by atoms with E-state index >= 15 is 0 Å². The fourth-order valence-corrected chi connectivity index (χ4v) is 5.08. The van der Waals surface area contributed by atoms with Crippen molar-refractivity contribution in [3.8, 4) is 0 Å². The Morgan fingerprint density at radius 3 is 2.57 bits per heavy atom. The summed E-state index contributed by atoms with van der Waals surface area (Å²) in [6, 6.07) is 14.0. The molecule has 6 heteroatoms. The van der Waals surface area contributed by atoms with Crippen molar-refractivity contribution in [3.63, 3.8) is 0 Å². The van der Waals surface area contributed by atoms with Gasteiger partial charge in [-0.2, -0.15) is 0 Å². The number of allylic oxidation sites excluding steroid dienone is 1. The minimum atomic E-state index is 0.0759. The van der Waals surface area contributed by atoms with Crippen LogP contribution < -0.4 is 0 Å². The van der Waals surface area contributed by atoms with Gasteiger partial charge in [-0.15, -0.1) is 0 Å². The maximum absolute atomic E-state index is 13.4. The molecular weight excluding hydrogens is 434 g/mol. The van der Waals surface area contributed by atoms with Crippen molar-refractivity contribution in [2.75, 3.05) is 0 Å². The molecule has 2 aromatic rings. The van der Waals surface area contributed by atoms with Crippen LogP contribution in [0.2, 0.25) is 0 Å². The molecule has 2 fully saturated rings. The zero-order valence-corrected chi connectivity index (χ0v) is 18.2. The van der Waals surface area contributed by atoms with Crippen LogP contribution >= 0.6 is 27.7 Å². The Labute approximate surface area is 178 Å². The van der Waals surface area contributed by atoms with Crippen LogP contribution in [0.25, 0.3) is 5.57 Å². The second-order valence-corrected chi connectivity index (χ2v) is 9.01. The Balaban J connectivity index is 1.74. The van der Waals surface area contributed by atoms with E-state index in [1.54, 1.807) is 6.20 Å². The number of halogens is 1. The summed E-state index contributed by atoms with van der Waals surface area (Å²) < 4.78 is 1.03. The highest BCUT2D eigenvalue weighted by Crippen LogP contribution is 2.40. The van der Waals surface area contributed by atoms with Crippen LogP contribution in [0.1, 0.15) is 44.6 Å². The molecule has 1 saturated heterocycles. The molecule has 1 aromatic carbocycles. The van der Waals surface area contributed by atoms with E-state index in [9.17, 15) is 4.79 Å². The van der Waals surface area contributed by atoms with Crippen molar-refractivity contribution in [2.24, 2.45) is 4.99 Å². The minimum absolute atomic E-state index is 0.0759. The van der Waals surface area contributed by atoms with Crippen molar-refractivity contribution in [3.05, 3.63) is 63.6 Å². The molecule has 0 spiro atoms. The van der Waals surface area contributed by atoms with Crippen molar-refractivity contribution in [2.45, 2.75) is 45.1 Å². The van der Waals surface area contributed by atoms with E-state index in [2.05, 4.69) is 20.9 Å². The molecular formula is C22H22BrN3OS. The van der Waals surface area contributed by atoms with Crippen molar-refractivity contribution in [1.82, 2.24) is 9.88 Å². The number of hydrogen-bond acceptors (Lipinski definition) is 4. The summed E-state index contributed by atoms with van der Waals surface area (Å²) in [7, 11) is 0. The molecule has 2 aliphatic rings. The van der Waals surface area contributed by atoms with Crippen molar-refractivity contribution in [1.29, 1.82) is 0 Å². The number of thioether (sulfide) groups is 1. The summed E-state index contributed by atoms with van der Waals surface area (Å²) in [5.74, 6) is 0.716. The summed E-state index contributed by atoms with van der Waals surface area (Å²) in [5, 5.41) is 0.752. The van der Waals surface area contributed by atoms with Gasteiger partial charge < -0.3 is 0 Å². The maximum Gasteiger partial charge on any atom is 0.267 e. The Hall–Kier alpha value is -1.92. The van der Waals surface area contributed by atoms with Gasteiger partial charge in [0.15, 0.2) is 11.0 Å². The SMILES string of the molecule is C/C(=C1/S/C(=N/c2ccccn2)N(C2CCCCC2)C1=O)c1ccc(Br)cc1. The average Bonchev–Trinajstić information content (AvgIpc) is 3.05. The van der Waals surface area contributed by atoms with E-state index in [4.69, 9.17) is 4.99 Å². The van der Waals surface area contributed by atoms with Crippen LogP contribution in [0, 0.1) is 0 Å².